The van der Waals surface area contributed by atoms with Crippen molar-refractivity contribution >= 4 is 24.2 Å². The molecule has 112 valence electrons. The number of nitrogens with one attached hydrogen (secondary N) is 3. The van der Waals surface area contributed by atoms with Gasteiger partial charge in [-0.05, 0) is 19.8 Å². The van der Waals surface area contributed by atoms with Crippen LogP contribution in [0, 0.1) is 0 Å². The Morgan fingerprint density at radius 1 is 1.47 bits per heavy atom. The fourth-order valence-electron chi connectivity index (χ4n) is 1.79. The van der Waals surface area contributed by atoms with Crippen LogP contribution in [0.3, 0.4) is 0 Å². The lowest BCUT2D eigenvalue weighted by atomic mass is 10.2. The zero-order chi connectivity index (χ0) is 13.5. The van der Waals surface area contributed by atoms with Crippen molar-refractivity contribution in [2.75, 3.05) is 13.1 Å². The van der Waals surface area contributed by atoms with Gasteiger partial charge in [0.2, 0.25) is 11.8 Å². The molecule has 0 aromatic rings. The van der Waals surface area contributed by atoms with Gasteiger partial charge >= 0.3 is 0 Å². The Bertz CT molecular complexity index is 302. The van der Waals surface area contributed by atoms with Gasteiger partial charge in [-0.25, -0.2) is 0 Å². The fraction of sp³-hybridized carbons (Fsp3) is 0.833. The highest BCUT2D eigenvalue weighted by atomic mass is 35.5. The smallest absolute Gasteiger partial charge is 0.237 e. The summed E-state index contributed by atoms with van der Waals surface area (Å²) in [5.74, 6) is -0.202. The molecule has 2 amide bonds. The first kappa shape index (κ1) is 18.1. The van der Waals surface area contributed by atoms with Crippen LogP contribution in [0.5, 0.6) is 0 Å². The quantitative estimate of drug-likeness (QED) is 0.534. The van der Waals surface area contributed by atoms with Gasteiger partial charge in [-0.1, -0.05) is 6.92 Å². The molecule has 1 aliphatic rings. The summed E-state index contributed by atoms with van der Waals surface area (Å²) in [6.07, 6.45) is 1.16. The van der Waals surface area contributed by atoms with Crippen molar-refractivity contribution in [2.24, 2.45) is 0 Å². The van der Waals surface area contributed by atoms with E-state index in [1.54, 1.807) is 0 Å². The lowest BCUT2D eigenvalue weighted by Crippen LogP contribution is -2.42. The number of hydrogen-bond donors (Lipinski definition) is 4. The maximum atomic E-state index is 11.6. The summed E-state index contributed by atoms with van der Waals surface area (Å²) in [7, 11) is 0. The average Bonchev–Trinajstić information content (AvgIpc) is 2.75. The van der Waals surface area contributed by atoms with Gasteiger partial charge in [-0.15, -0.1) is 12.4 Å². The number of halogens is 1. The summed E-state index contributed by atoms with van der Waals surface area (Å²) < 4.78 is 0. The summed E-state index contributed by atoms with van der Waals surface area (Å²) in [4.78, 5) is 23.1. The molecular weight excluding hydrogens is 270 g/mol. The molecule has 0 aliphatic carbocycles. The lowest BCUT2D eigenvalue weighted by molar-refractivity contribution is -0.123. The second-order valence-corrected chi connectivity index (χ2v) is 4.77. The number of hydrogen-bond acceptors (Lipinski definition) is 4. The molecule has 0 bridgehead atoms. The molecule has 0 saturated carbocycles. The van der Waals surface area contributed by atoms with Crippen LogP contribution in [-0.2, 0) is 9.59 Å². The molecule has 0 spiro atoms. The van der Waals surface area contributed by atoms with Gasteiger partial charge in [0, 0.05) is 25.6 Å². The SMILES string of the molecule is CCC(C)NC(=O)CCNC(=O)C1CC(O)CN1.Cl. The van der Waals surface area contributed by atoms with Crippen LogP contribution in [-0.4, -0.2) is 48.2 Å². The van der Waals surface area contributed by atoms with E-state index in [0.29, 0.717) is 19.5 Å². The predicted octanol–water partition coefficient (Wildman–Crippen LogP) is -0.448. The third kappa shape index (κ3) is 6.75. The first-order valence-electron chi connectivity index (χ1n) is 6.51. The molecule has 4 N–H and O–H groups in total. The maximum absolute atomic E-state index is 11.6. The third-order valence-electron chi connectivity index (χ3n) is 3.10. The van der Waals surface area contributed by atoms with Crippen molar-refractivity contribution in [1.82, 2.24) is 16.0 Å². The molecule has 3 unspecified atom stereocenters. The van der Waals surface area contributed by atoms with Gasteiger partial charge in [0.1, 0.15) is 0 Å². The maximum Gasteiger partial charge on any atom is 0.237 e. The molecule has 0 aromatic heterocycles. The Morgan fingerprint density at radius 2 is 2.16 bits per heavy atom. The fourth-order valence-corrected chi connectivity index (χ4v) is 1.79. The van der Waals surface area contributed by atoms with Crippen molar-refractivity contribution < 1.29 is 14.7 Å². The largest absolute Gasteiger partial charge is 0.392 e. The van der Waals surface area contributed by atoms with Crippen LogP contribution < -0.4 is 16.0 Å². The monoisotopic (exact) mass is 293 g/mol. The van der Waals surface area contributed by atoms with Crippen molar-refractivity contribution in [3.05, 3.63) is 0 Å². The highest BCUT2D eigenvalue weighted by Gasteiger charge is 2.27. The van der Waals surface area contributed by atoms with Crippen LogP contribution >= 0.6 is 12.4 Å². The molecule has 7 heteroatoms. The van der Waals surface area contributed by atoms with E-state index in [1.165, 1.54) is 0 Å². The van der Waals surface area contributed by atoms with E-state index < -0.39 is 6.10 Å². The number of rotatable bonds is 6. The summed E-state index contributed by atoms with van der Waals surface area (Å²) in [5, 5.41) is 17.7. The van der Waals surface area contributed by atoms with E-state index in [2.05, 4.69) is 16.0 Å². The first-order valence-corrected chi connectivity index (χ1v) is 6.51. The van der Waals surface area contributed by atoms with Crippen molar-refractivity contribution in [3.63, 3.8) is 0 Å². The van der Waals surface area contributed by atoms with Gasteiger partial charge in [0.15, 0.2) is 0 Å². The zero-order valence-corrected chi connectivity index (χ0v) is 12.3. The number of carbonyl (C=O) groups excluding carboxylic acids is 2. The standard InChI is InChI=1S/C12H23N3O3.ClH/c1-3-8(2)15-11(17)4-5-13-12(18)10-6-9(16)7-14-10;/h8-10,14,16H,3-7H2,1-2H3,(H,13,18)(H,15,17);1H. The van der Waals surface area contributed by atoms with Gasteiger partial charge < -0.3 is 21.1 Å². The topological polar surface area (TPSA) is 90.5 Å². The van der Waals surface area contributed by atoms with Gasteiger partial charge in [-0.2, -0.15) is 0 Å². The van der Waals surface area contributed by atoms with E-state index in [1.807, 2.05) is 13.8 Å². The minimum absolute atomic E-state index is 0. The Hall–Kier alpha value is -0.850. The number of aliphatic hydroxyl groups excluding tert-OH is 1. The second-order valence-electron chi connectivity index (χ2n) is 4.77. The van der Waals surface area contributed by atoms with Crippen LogP contribution in [0.4, 0.5) is 0 Å². The first-order chi connectivity index (χ1) is 8.52. The second kappa shape index (κ2) is 9.12. The van der Waals surface area contributed by atoms with Crippen LogP contribution in [0.1, 0.15) is 33.1 Å². The molecule has 0 radical (unpaired) electrons. The zero-order valence-electron chi connectivity index (χ0n) is 11.4. The molecule has 0 aromatic carbocycles. The predicted molar refractivity (Wildman–Crippen MR) is 75.2 cm³/mol. The van der Waals surface area contributed by atoms with E-state index >= 15 is 0 Å². The van der Waals surface area contributed by atoms with Crippen LogP contribution in [0.15, 0.2) is 0 Å². The van der Waals surface area contributed by atoms with Crippen molar-refractivity contribution in [1.29, 1.82) is 0 Å². The van der Waals surface area contributed by atoms with Crippen molar-refractivity contribution in [3.8, 4) is 0 Å². The van der Waals surface area contributed by atoms with E-state index in [9.17, 15) is 14.7 Å². The molecular formula is C12H24ClN3O3. The van der Waals surface area contributed by atoms with Gasteiger partial charge in [0.05, 0.1) is 12.1 Å². The number of carbonyl (C=O) groups is 2. The van der Waals surface area contributed by atoms with Gasteiger partial charge in [0.25, 0.3) is 0 Å². The summed E-state index contributed by atoms with van der Waals surface area (Å²) in [6.45, 7) is 4.73. The molecule has 1 saturated heterocycles. The Balaban J connectivity index is 0.00000324. The van der Waals surface area contributed by atoms with Crippen molar-refractivity contribution in [2.45, 2.75) is 51.3 Å². The number of amides is 2. The van der Waals surface area contributed by atoms with Crippen LogP contribution in [0.25, 0.3) is 0 Å². The number of aliphatic hydroxyl groups is 1. The highest BCUT2D eigenvalue weighted by molar-refractivity contribution is 5.85. The molecule has 19 heavy (non-hydrogen) atoms. The molecule has 1 aliphatic heterocycles. The Kier molecular flexibility index (Phi) is 8.71. The number of β-amino-alcohol motifs (C(OH)–C–C–N with tert-alkyl or cyclic N) is 1. The summed E-state index contributed by atoms with van der Waals surface area (Å²) >= 11 is 0. The normalized spacial score (nSPS) is 23.3. The molecule has 3 atom stereocenters. The third-order valence-corrected chi connectivity index (χ3v) is 3.10. The van der Waals surface area contributed by atoms with E-state index in [4.69, 9.17) is 0 Å². The molecule has 1 fully saturated rings. The van der Waals surface area contributed by atoms with Crippen LogP contribution in [0.2, 0.25) is 0 Å². The molecule has 1 heterocycles. The van der Waals surface area contributed by atoms with E-state index in [-0.39, 0.29) is 42.7 Å². The molecule has 6 nitrogen and oxygen atoms in total. The highest BCUT2D eigenvalue weighted by Crippen LogP contribution is 2.05. The van der Waals surface area contributed by atoms with Gasteiger partial charge in [-0.3, -0.25) is 9.59 Å². The Morgan fingerprint density at radius 3 is 2.68 bits per heavy atom. The minimum Gasteiger partial charge on any atom is -0.392 e. The lowest BCUT2D eigenvalue weighted by Gasteiger charge is -2.13. The molecule has 1 rings (SSSR count). The summed E-state index contributed by atoms with van der Waals surface area (Å²) in [6, 6.07) is -0.169. The average molecular weight is 294 g/mol. The van der Waals surface area contributed by atoms with E-state index in [0.717, 1.165) is 6.42 Å². The summed E-state index contributed by atoms with van der Waals surface area (Å²) in [5.41, 5.74) is 0. The Labute approximate surface area is 120 Å². The minimum atomic E-state index is -0.450.